The third-order valence-corrected chi connectivity index (χ3v) is 4.69. The van der Waals surface area contributed by atoms with Crippen LogP contribution in [0, 0.1) is 6.92 Å². The van der Waals surface area contributed by atoms with Crippen molar-refractivity contribution in [3.05, 3.63) is 17.6 Å². The minimum atomic E-state index is -3.95. The maximum absolute atomic E-state index is 12.0. The van der Waals surface area contributed by atoms with E-state index in [0.717, 1.165) is 6.07 Å². The number of rotatable bonds is 3. The summed E-state index contributed by atoms with van der Waals surface area (Å²) in [6, 6.07) is 1.09. The van der Waals surface area contributed by atoms with E-state index >= 15 is 0 Å². The quantitative estimate of drug-likeness (QED) is 0.623. The molecule has 1 aromatic heterocycles. The molecule has 2 atom stereocenters. The zero-order valence-electron chi connectivity index (χ0n) is 12.0. The molecule has 1 aliphatic rings. The van der Waals surface area contributed by atoms with E-state index in [-0.39, 0.29) is 34.7 Å². The van der Waals surface area contributed by atoms with Gasteiger partial charge in [0.2, 0.25) is 5.76 Å². The average molecular weight is 337 g/mol. The van der Waals surface area contributed by atoms with Crippen LogP contribution in [0.3, 0.4) is 0 Å². The molecule has 1 saturated heterocycles. The minimum Gasteiger partial charge on any atom is -0.456 e. The molecule has 0 aromatic carbocycles. The first-order valence-corrected chi connectivity index (χ1v) is 8.89. The lowest BCUT2D eigenvalue weighted by Crippen LogP contribution is -2.35. The fourth-order valence-electron chi connectivity index (χ4n) is 2.46. The summed E-state index contributed by atoms with van der Waals surface area (Å²) in [4.78, 5) is 11.8. The van der Waals surface area contributed by atoms with Crippen LogP contribution >= 0.6 is 10.7 Å². The van der Waals surface area contributed by atoms with Crippen LogP contribution in [-0.4, -0.2) is 32.7 Å². The molecule has 0 amide bonds. The van der Waals surface area contributed by atoms with Crippen molar-refractivity contribution >= 4 is 25.7 Å². The number of esters is 1. The Hall–Kier alpha value is -1.05. The first-order valence-electron chi connectivity index (χ1n) is 6.58. The van der Waals surface area contributed by atoms with Gasteiger partial charge in [-0.05, 0) is 20.8 Å². The molecule has 0 N–H and O–H groups in total. The van der Waals surface area contributed by atoms with Gasteiger partial charge in [-0.15, -0.1) is 0 Å². The van der Waals surface area contributed by atoms with Gasteiger partial charge in [-0.2, -0.15) is 0 Å². The van der Waals surface area contributed by atoms with Gasteiger partial charge in [0.1, 0.15) is 16.8 Å². The number of aryl methyl sites for hydroxylation is 1. The summed E-state index contributed by atoms with van der Waals surface area (Å²) in [6.45, 7) is 5.24. The fourth-order valence-corrected chi connectivity index (χ4v) is 3.55. The smallest absolute Gasteiger partial charge is 0.374 e. The maximum atomic E-state index is 12.0. The van der Waals surface area contributed by atoms with Gasteiger partial charge in [-0.25, -0.2) is 13.2 Å². The topological polar surface area (TPSA) is 82.8 Å². The van der Waals surface area contributed by atoms with E-state index in [9.17, 15) is 13.2 Å². The van der Waals surface area contributed by atoms with Crippen molar-refractivity contribution in [1.82, 2.24) is 0 Å². The Morgan fingerprint density at radius 2 is 1.90 bits per heavy atom. The van der Waals surface area contributed by atoms with Gasteiger partial charge in [0, 0.05) is 29.6 Å². The highest BCUT2D eigenvalue weighted by molar-refractivity contribution is 8.13. The molecular formula is C13H17ClO6S. The second-order valence-electron chi connectivity index (χ2n) is 5.22. The number of carbonyl (C=O) groups excluding carboxylic acids is 1. The minimum absolute atomic E-state index is 0.00340. The standard InChI is InChI=1S/C13H17ClO6S/c1-7-4-10(5-8(2)18-7)20-13(15)11-6-12(9(3)19-11)21(14,16)17/h6-8,10H,4-5H2,1-3H3. The Balaban J connectivity index is 2.11. The SMILES string of the molecule is Cc1oc(C(=O)OC2CC(C)OC(C)C2)cc1S(=O)(=O)Cl. The van der Waals surface area contributed by atoms with Crippen molar-refractivity contribution in [3.63, 3.8) is 0 Å². The van der Waals surface area contributed by atoms with Crippen LogP contribution in [0.25, 0.3) is 0 Å². The van der Waals surface area contributed by atoms with E-state index < -0.39 is 15.0 Å². The molecular weight excluding hydrogens is 320 g/mol. The van der Waals surface area contributed by atoms with Gasteiger partial charge >= 0.3 is 5.97 Å². The van der Waals surface area contributed by atoms with Gasteiger partial charge in [-0.3, -0.25) is 0 Å². The third kappa shape index (κ3) is 3.99. The molecule has 0 bridgehead atoms. The van der Waals surface area contributed by atoms with Gasteiger partial charge < -0.3 is 13.9 Å². The Labute approximate surface area is 127 Å². The molecule has 0 saturated carbocycles. The van der Waals surface area contributed by atoms with Crippen molar-refractivity contribution in [3.8, 4) is 0 Å². The molecule has 1 aliphatic heterocycles. The summed E-state index contributed by atoms with van der Waals surface area (Å²) in [5.41, 5.74) is 0. The monoisotopic (exact) mass is 336 g/mol. The van der Waals surface area contributed by atoms with E-state index in [1.807, 2.05) is 13.8 Å². The zero-order chi connectivity index (χ0) is 15.8. The fraction of sp³-hybridized carbons (Fsp3) is 0.615. The Morgan fingerprint density at radius 3 is 2.38 bits per heavy atom. The molecule has 2 heterocycles. The molecule has 0 spiro atoms. The highest BCUT2D eigenvalue weighted by Gasteiger charge is 2.29. The average Bonchev–Trinajstić information content (AvgIpc) is 2.69. The number of halogens is 1. The van der Waals surface area contributed by atoms with E-state index in [2.05, 4.69) is 0 Å². The Kier molecular flexibility index (Phi) is 4.65. The molecule has 2 unspecified atom stereocenters. The van der Waals surface area contributed by atoms with E-state index in [0.29, 0.717) is 12.8 Å². The second kappa shape index (κ2) is 5.98. The highest BCUT2D eigenvalue weighted by Crippen LogP contribution is 2.26. The molecule has 118 valence electrons. The van der Waals surface area contributed by atoms with E-state index in [4.69, 9.17) is 24.6 Å². The summed E-state index contributed by atoms with van der Waals surface area (Å²) in [7, 11) is 1.31. The van der Waals surface area contributed by atoms with Crippen LogP contribution in [0.5, 0.6) is 0 Å². The first kappa shape index (κ1) is 16.3. The van der Waals surface area contributed by atoms with Crippen molar-refractivity contribution < 1.29 is 27.1 Å². The zero-order valence-corrected chi connectivity index (χ0v) is 13.5. The van der Waals surface area contributed by atoms with Crippen LogP contribution in [0.1, 0.15) is 43.0 Å². The lowest BCUT2D eigenvalue weighted by molar-refractivity contribution is -0.0862. The number of carbonyl (C=O) groups is 1. The second-order valence-corrected chi connectivity index (χ2v) is 7.76. The molecule has 1 aromatic rings. The molecule has 6 nitrogen and oxygen atoms in total. The lowest BCUT2D eigenvalue weighted by Gasteiger charge is -2.31. The molecule has 1 fully saturated rings. The maximum Gasteiger partial charge on any atom is 0.374 e. The van der Waals surface area contributed by atoms with Gasteiger partial charge in [0.25, 0.3) is 9.05 Å². The van der Waals surface area contributed by atoms with Crippen molar-refractivity contribution in [2.75, 3.05) is 0 Å². The predicted molar refractivity (Wildman–Crippen MR) is 74.9 cm³/mol. The van der Waals surface area contributed by atoms with Crippen LogP contribution in [0.4, 0.5) is 0 Å². The molecule has 8 heteroatoms. The van der Waals surface area contributed by atoms with Gasteiger partial charge in [-0.1, -0.05) is 0 Å². The lowest BCUT2D eigenvalue weighted by atomic mass is 10.0. The summed E-state index contributed by atoms with van der Waals surface area (Å²) in [6.07, 6.45) is 0.914. The number of hydrogen-bond acceptors (Lipinski definition) is 6. The molecule has 0 aliphatic carbocycles. The predicted octanol–water partition coefficient (Wildman–Crippen LogP) is 2.63. The summed E-state index contributed by atoms with van der Waals surface area (Å²) in [5, 5.41) is 0. The number of hydrogen-bond donors (Lipinski definition) is 0. The first-order chi connectivity index (χ1) is 9.66. The molecule has 21 heavy (non-hydrogen) atoms. The van der Waals surface area contributed by atoms with Gasteiger partial charge in [0.15, 0.2) is 0 Å². The summed E-state index contributed by atoms with van der Waals surface area (Å²) in [5.74, 6) is -0.805. The van der Waals surface area contributed by atoms with Crippen molar-refractivity contribution in [1.29, 1.82) is 0 Å². The highest BCUT2D eigenvalue weighted by atomic mass is 35.7. The largest absolute Gasteiger partial charge is 0.456 e. The molecule has 2 rings (SSSR count). The van der Waals surface area contributed by atoms with Crippen molar-refractivity contribution in [2.24, 2.45) is 0 Å². The van der Waals surface area contributed by atoms with Crippen LogP contribution in [0.2, 0.25) is 0 Å². The summed E-state index contributed by atoms with van der Waals surface area (Å²) < 4.78 is 38.6. The van der Waals surface area contributed by atoms with Crippen LogP contribution in [-0.2, 0) is 18.5 Å². The Morgan fingerprint density at radius 1 is 1.33 bits per heavy atom. The van der Waals surface area contributed by atoms with Crippen molar-refractivity contribution in [2.45, 2.75) is 56.8 Å². The number of ether oxygens (including phenoxy) is 2. The van der Waals surface area contributed by atoms with Crippen LogP contribution in [0.15, 0.2) is 15.4 Å². The Bertz CT molecular complexity index is 625. The normalized spacial score (nSPS) is 26.6. The van der Waals surface area contributed by atoms with Gasteiger partial charge in [0.05, 0.1) is 12.2 Å². The van der Waals surface area contributed by atoms with E-state index in [1.165, 1.54) is 6.92 Å². The summed E-state index contributed by atoms with van der Waals surface area (Å²) >= 11 is 0. The van der Waals surface area contributed by atoms with E-state index in [1.54, 1.807) is 0 Å². The third-order valence-electron chi connectivity index (χ3n) is 3.26. The van der Waals surface area contributed by atoms with Crippen LogP contribution < -0.4 is 0 Å². The number of furan rings is 1. The molecule has 0 radical (unpaired) electrons.